The predicted molar refractivity (Wildman–Crippen MR) is 101 cm³/mol. The SMILES string of the molecule is CCCCCC1CC[N+](C(=O)OCC)(C(=O)OCc2ccccc2)CC1. The molecule has 1 fully saturated rings. The van der Waals surface area contributed by atoms with E-state index in [1.807, 2.05) is 30.3 Å². The summed E-state index contributed by atoms with van der Waals surface area (Å²) < 4.78 is 10.4. The van der Waals surface area contributed by atoms with Gasteiger partial charge in [0.15, 0.2) is 0 Å². The lowest BCUT2D eigenvalue weighted by Crippen LogP contribution is -2.61. The first-order valence-electron chi connectivity index (χ1n) is 9.88. The van der Waals surface area contributed by atoms with Crippen molar-refractivity contribution in [1.29, 1.82) is 0 Å². The second-order valence-electron chi connectivity index (χ2n) is 7.09. The summed E-state index contributed by atoms with van der Waals surface area (Å²) in [6.45, 7) is 5.36. The number of hydrogen-bond acceptors (Lipinski definition) is 4. The monoisotopic (exact) mass is 362 g/mol. The summed E-state index contributed by atoms with van der Waals surface area (Å²) in [5.41, 5.74) is 0.914. The van der Waals surface area contributed by atoms with Crippen molar-refractivity contribution in [2.24, 2.45) is 5.92 Å². The Labute approximate surface area is 156 Å². The van der Waals surface area contributed by atoms with E-state index < -0.39 is 12.2 Å². The van der Waals surface area contributed by atoms with Crippen LogP contribution in [0.1, 0.15) is 57.9 Å². The number of nitrogens with zero attached hydrogens (tertiary/aromatic N) is 1. The van der Waals surface area contributed by atoms with Crippen LogP contribution < -0.4 is 0 Å². The Morgan fingerprint density at radius 2 is 1.65 bits per heavy atom. The molecule has 1 aliphatic rings. The fourth-order valence-corrected chi connectivity index (χ4v) is 3.56. The van der Waals surface area contributed by atoms with Crippen LogP contribution in [0.2, 0.25) is 0 Å². The van der Waals surface area contributed by atoms with Gasteiger partial charge in [-0.15, -0.1) is 4.48 Å². The van der Waals surface area contributed by atoms with Gasteiger partial charge in [0.1, 0.15) is 6.61 Å². The largest absolute Gasteiger partial charge is 0.527 e. The van der Waals surface area contributed by atoms with Crippen LogP contribution in [0.4, 0.5) is 9.59 Å². The van der Waals surface area contributed by atoms with Gasteiger partial charge in [-0.25, -0.2) is 0 Å². The Balaban J connectivity index is 1.99. The molecular weight excluding hydrogens is 330 g/mol. The van der Waals surface area contributed by atoms with Crippen molar-refractivity contribution in [3.8, 4) is 0 Å². The quantitative estimate of drug-likeness (QED) is 0.489. The number of benzene rings is 1. The van der Waals surface area contributed by atoms with E-state index in [1.54, 1.807) is 6.92 Å². The van der Waals surface area contributed by atoms with Gasteiger partial charge in [0.05, 0.1) is 19.7 Å². The van der Waals surface area contributed by atoms with Crippen LogP contribution in [-0.4, -0.2) is 36.4 Å². The number of likely N-dealkylation sites (tertiary alicyclic amines) is 1. The van der Waals surface area contributed by atoms with Gasteiger partial charge in [-0.1, -0.05) is 62.9 Å². The Morgan fingerprint density at radius 1 is 1.00 bits per heavy atom. The lowest BCUT2D eigenvalue weighted by atomic mass is 9.90. The highest BCUT2D eigenvalue weighted by atomic mass is 16.6. The van der Waals surface area contributed by atoms with Crippen molar-refractivity contribution in [2.75, 3.05) is 19.7 Å². The van der Waals surface area contributed by atoms with Gasteiger partial charge in [0.25, 0.3) is 0 Å². The molecule has 1 saturated heterocycles. The summed E-state index contributed by atoms with van der Waals surface area (Å²) in [6.07, 6.45) is 5.62. The average Bonchev–Trinajstić information content (AvgIpc) is 2.68. The van der Waals surface area contributed by atoms with E-state index in [-0.39, 0.29) is 17.7 Å². The van der Waals surface area contributed by atoms with E-state index in [9.17, 15) is 9.59 Å². The number of ether oxygens (including phenoxy) is 2. The van der Waals surface area contributed by atoms with Crippen LogP contribution in [0.3, 0.4) is 0 Å². The summed E-state index contributed by atoms with van der Waals surface area (Å²) in [7, 11) is 0. The number of amides is 2. The van der Waals surface area contributed by atoms with Crippen LogP contribution in [0, 0.1) is 5.92 Å². The lowest BCUT2D eigenvalue weighted by Gasteiger charge is -2.36. The summed E-state index contributed by atoms with van der Waals surface area (Å²) in [4.78, 5) is 25.4. The van der Waals surface area contributed by atoms with Gasteiger partial charge in [-0.3, -0.25) is 0 Å². The predicted octanol–water partition coefficient (Wildman–Crippen LogP) is 5.29. The highest BCUT2D eigenvalue weighted by Gasteiger charge is 2.50. The molecule has 26 heavy (non-hydrogen) atoms. The fraction of sp³-hybridized carbons (Fsp3) is 0.619. The molecule has 0 radical (unpaired) electrons. The standard InChI is InChI=1S/C21H32NO4/c1-3-5-7-10-18-13-15-22(16-14-18,20(23)25-4-2)21(24)26-17-19-11-8-6-9-12-19/h6,8-9,11-12,18H,3-5,7,10,13-17H2,1-2H3/q+1. The number of quaternary nitrogens is 1. The smallest absolute Gasteiger partial charge is 0.420 e. The summed E-state index contributed by atoms with van der Waals surface area (Å²) in [6, 6.07) is 9.53. The third kappa shape index (κ3) is 5.31. The van der Waals surface area contributed by atoms with Crippen LogP contribution in [0.5, 0.6) is 0 Å². The van der Waals surface area contributed by atoms with Gasteiger partial charge in [0, 0.05) is 12.8 Å². The zero-order chi connectivity index (χ0) is 18.8. The molecule has 1 heterocycles. The molecule has 5 heteroatoms. The van der Waals surface area contributed by atoms with Gasteiger partial charge in [0.2, 0.25) is 0 Å². The zero-order valence-electron chi connectivity index (χ0n) is 16.1. The van der Waals surface area contributed by atoms with E-state index >= 15 is 0 Å². The fourth-order valence-electron chi connectivity index (χ4n) is 3.56. The average molecular weight is 362 g/mol. The number of piperidine rings is 1. The summed E-state index contributed by atoms with van der Waals surface area (Å²) in [5.74, 6) is 0.587. The van der Waals surface area contributed by atoms with Crippen LogP contribution in [-0.2, 0) is 16.1 Å². The van der Waals surface area contributed by atoms with Gasteiger partial charge in [-0.2, -0.15) is 9.59 Å². The number of carbonyl (C=O) groups excluding carboxylic acids is 2. The molecule has 144 valence electrons. The molecule has 0 spiro atoms. The zero-order valence-corrected chi connectivity index (χ0v) is 16.1. The molecule has 0 bridgehead atoms. The van der Waals surface area contributed by atoms with Gasteiger partial charge in [-0.05, 0) is 18.4 Å². The number of unbranched alkanes of at least 4 members (excludes halogenated alkanes) is 2. The number of rotatable bonds is 7. The van der Waals surface area contributed by atoms with E-state index in [0.29, 0.717) is 19.0 Å². The molecule has 0 aliphatic carbocycles. The van der Waals surface area contributed by atoms with E-state index in [4.69, 9.17) is 9.47 Å². The summed E-state index contributed by atoms with van der Waals surface area (Å²) in [5, 5.41) is 0. The second kappa shape index (κ2) is 10.3. The Morgan fingerprint density at radius 3 is 2.27 bits per heavy atom. The highest BCUT2D eigenvalue weighted by Crippen LogP contribution is 2.30. The van der Waals surface area contributed by atoms with Crippen molar-refractivity contribution < 1.29 is 23.5 Å². The number of hydrogen-bond donors (Lipinski definition) is 0. The van der Waals surface area contributed by atoms with Crippen molar-refractivity contribution in [2.45, 2.75) is 59.0 Å². The highest BCUT2D eigenvalue weighted by molar-refractivity contribution is 5.76. The molecule has 0 unspecified atom stereocenters. The second-order valence-corrected chi connectivity index (χ2v) is 7.09. The third-order valence-corrected chi connectivity index (χ3v) is 5.23. The van der Waals surface area contributed by atoms with Gasteiger partial charge < -0.3 is 9.47 Å². The Bertz CT molecular complexity index is 565. The maximum Gasteiger partial charge on any atom is 0.527 e. The molecule has 0 N–H and O–H groups in total. The first-order chi connectivity index (χ1) is 12.6. The molecule has 1 aromatic rings. The molecule has 1 aromatic carbocycles. The lowest BCUT2D eigenvalue weighted by molar-refractivity contribution is -0.793. The Kier molecular flexibility index (Phi) is 8.10. The minimum absolute atomic E-state index is 0.180. The van der Waals surface area contributed by atoms with Crippen molar-refractivity contribution in [1.82, 2.24) is 0 Å². The molecule has 1 aliphatic heterocycles. The van der Waals surface area contributed by atoms with Crippen LogP contribution >= 0.6 is 0 Å². The van der Waals surface area contributed by atoms with E-state index in [1.165, 1.54) is 25.7 Å². The molecule has 2 rings (SSSR count). The minimum atomic E-state index is -0.487. The van der Waals surface area contributed by atoms with E-state index in [2.05, 4.69) is 6.92 Å². The topological polar surface area (TPSA) is 52.6 Å². The number of carbonyl (C=O) groups is 2. The first-order valence-corrected chi connectivity index (χ1v) is 9.88. The van der Waals surface area contributed by atoms with Gasteiger partial charge >= 0.3 is 12.2 Å². The minimum Gasteiger partial charge on any atom is -0.420 e. The van der Waals surface area contributed by atoms with Crippen molar-refractivity contribution >= 4 is 12.2 Å². The summed E-state index contributed by atoms with van der Waals surface area (Å²) >= 11 is 0. The normalized spacial score (nSPS) is 22.6. The van der Waals surface area contributed by atoms with E-state index in [0.717, 1.165) is 18.4 Å². The van der Waals surface area contributed by atoms with Crippen molar-refractivity contribution in [3.63, 3.8) is 0 Å². The maximum atomic E-state index is 12.8. The third-order valence-electron chi connectivity index (χ3n) is 5.23. The molecule has 0 saturated carbocycles. The first kappa shape index (κ1) is 20.4. The molecule has 0 atom stereocenters. The van der Waals surface area contributed by atoms with Crippen LogP contribution in [0.15, 0.2) is 30.3 Å². The molecule has 5 nitrogen and oxygen atoms in total. The van der Waals surface area contributed by atoms with Crippen LogP contribution in [0.25, 0.3) is 0 Å². The molecule has 2 amide bonds. The Hall–Kier alpha value is -1.88. The number of imide groups is 1. The molecule has 0 aromatic heterocycles. The molecular formula is C21H32NO4+. The maximum absolute atomic E-state index is 12.8. The van der Waals surface area contributed by atoms with Crippen molar-refractivity contribution in [3.05, 3.63) is 35.9 Å².